The van der Waals surface area contributed by atoms with E-state index in [1.54, 1.807) is 0 Å². The van der Waals surface area contributed by atoms with Gasteiger partial charge in [-0.15, -0.1) is 0 Å². The van der Waals surface area contributed by atoms with Gasteiger partial charge in [0.25, 0.3) is 0 Å². The summed E-state index contributed by atoms with van der Waals surface area (Å²) in [7, 11) is 0. The lowest BCUT2D eigenvalue weighted by Gasteiger charge is -2.38. The molecule has 0 rings (SSSR count). The van der Waals surface area contributed by atoms with E-state index in [2.05, 4.69) is 60.3 Å². The van der Waals surface area contributed by atoms with E-state index < -0.39 is 0 Å². The lowest BCUT2D eigenvalue weighted by Crippen LogP contribution is -2.44. The van der Waals surface area contributed by atoms with Gasteiger partial charge in [0.1, 0.15) is 0 Å². The van der Waals surface area contributed by atoms with Gasteiger partial charge in [0.05, 0.1) is 11.7 Å². The Morgan fingerprint density at radius 2 is 1.38 bits per heavy atom. The molecule has 0 radical (unpaired) electrons. The van der Waals surface area contributed by atoms with Crippen molar-refractivity contribution in [3.8, 4) is 0 Å². The van der Waals surface area contributed by atoms with Crippen LogP contribution in [0, 0.1) is 5.41 Å². The molecular formula is C14H31NO. The Hall–Kier alpha value is -0.0800. The smallest absolute Gasteiger partial charge is 0.0757 e. The normalized spacial score (nSPS) is 15.6. The first-order valence-electron chi connectivity index (χ1n) is 6.50. The molecule has 0 amide bonds. The molecule has 2 heteroatoms. The Labute approximate surface area is 102 Å². The van der Waals surface area contributed by atoms with Gasteiger partial charge >= 0.3 is 0 Å². The summed E-state index contributed by atoms with van der Waals surface area (Å²) in [5, 5.41) is 0. The zero-order chi connectivity index (χ0) is 13.0. The fourth-order valence-electron chi connectivity index (χ4n) is 1.63. The van der Waals surface area contributed by atoms with Crippen molar-refractivity contribution < 1.29 is 4.74 Å². The fraction of sp³-hybridized carbons (Fsp3) is 1.00. The highest BCUT2D eigenvalue weighted by atomic mass is 16.5. The molecule has 0 aromatic rings. The van der Waals surface area contributed by atoms with Gasteiger partial charge in [-0.05, 0) is 39.3 Å². The van der Waals surface area contributed by atoms with E-state index in [0.29, 0.717) is 0 Å². The summed E-state index contributed by atoms with van der Waals surface area (Å²) in [5.41, 5.74) is 0.126. The van der Waals surface area contributed by atoms with Crippen LogP contribution in [0.5, 0.6) is 0 Å². The van der Waals surface area contributed by atoms with Crippen LogP contribution in [0.3, 0.4) is 0 Å². The number of nitrogens with zero attached hydrogens (tertiary/aromatic N) is 1. The second-order valence-corrected chi connectivity index (χ2v) is 6.57. The minimum atomic E-state index is -0.0644. The molecule has 1 unspecified atom stereocenters. The Morgan fingerprint density at radius 1 is 0.938 bits per heavy atom. The van der Waals surface area contributed by atoms with Gasteiger partial charge in [-0.25, -0.2) is 0 Å². The van der Waals surface area contributed by atoms with Crippen molar-refractivity contribution in [1.82, 2.24) is 4.90 Å². The second-order valence-electron chi connectivity index (χ2n) is 6.57. The predicted molar refractivity (Wildman–Crippen MR) is 71.9 cm³/mol. The fourth-order valence-corrected chi connectivity index (χ4v) is 1.63. The highest BCUT2D eigenvalue weighted by Gasteiger charge is 2.30. The van der Waals surface area contributed by atoms with Crippen LogP contribution >= 0.6 is 0 Å². The summed E-state index contributed by atoms with van der Waals surface area (Å²) in [5.74, 6) is 0. The zero-order valence-corrected chi connectivity index (χ0v) is 12.6. The molecule has 2 nitrogen and oxygen atoms in total. The summed E-state index contributed by atoms with van der Waals surface area (Å²) >= 11 is 0. The third kappa shape index (κ3) is 6.49. The zero-order valence-electron chi connectivity index (χ0n) is 12.6. The average molecular weight is 229 g/mol. The van der Waals surface area contributed by atoms with Gasteiger partial charge in [0.2, 0.25) is 0 Å². The summed E-state index contributed by atoms with van der Waals surface area (Å²) < 4.78 is 6.19. The molecule has 16 heavy (non-hydrogen) atoms. The van der Waals surface area contributed by atoms with E-state index >= 15 is 0 Å². The summed E-state index contributed by atoms with van der Waals surface area (Å²) in [6.45, 7) is 20.8. The Kier molecular flexibility index (Phi) is 5.99. The molecule has 1 atom stereocenters. The van der Waals surface area contributed by atoms with Gasteiger partial charge in [0.15, 0.2) is 0 Å². The number of rotatable bonds is 5. The van der Waals surface area contributed by atoms with Crippen LogP contribution < -0.4 is 0 Å². The first-order chi connectivity index (χ1) is 7.10. The molecule has 0 heterocycles. The largest absolute Gasteiger partial charge is 0.371 e. The summed E-state index contributed by atoms with van der Waals surface area (Å²) in [4.78, 5) is 2.43. The maximum absolute atomic E-state index is 6.19. The molecule has 0 N–H and O–H groups in total. The lowest BCUT2D eigenvalue weighted by molar-refractivity contribution is -0.114. The standard InChI is InChI=1S/C14H31NO/c1-9-15(10-2)11-12(13(3,4)5)16-14(6,7)8/h12H,9-11H2,1-8H3. The SMILES string of the molecule is CCN(CC)CC(OC(C)(C)C)C(C)(C)C. The molecule has 0 saturated heterocycles. The Bertz CT molecular complexity index is 184. The minimum Gasteiger partial charge on any atom is -0.371 e. The summed E-state index contributed by atoms with van der Waals surface area (Å²) in [6.07, 6.45) is 0.285. The topological polar surface area (TPSA) is 12.5 Å². The van der Waals surface area contributed by atoms with Crippen LogP contribution in [-0.4, -0.2) is 36.2 Å². The molecule has 0 aromatic carbocycles. The maximum Gasteiger partial charge on any atom is 0.0757 e. The summed E-state index contributed by atoms with van der Waals surface area (Å²) in [6, 6.07) is 0. The number of hydrogen-bond donors (Lipinski definition) is 0. The number of likely N-dealkylation sites (N-methyl/N-ethyl adjacent to an activating group) is 1. The maximum atomic E-state index is 6.19. The molecule has 0 aliphatic rings. The van der Waals surface area contributed by atoms with E-state index in [1.165, 1.54) is 0 Å². The van der Waals surface area contributed by atoms with Crippen molar-refractivity contribution >= 4 is 0 Å². The van der Waals surface area contributed by atoms with Gasteiger partial charge in [-0.2, -0.15) is 0 Å². The van der Waals surface area contributed by atoms with Gasteiger partial charge in [-0.3, -0.25) is 0 Å². The predicted octanol–water partition coefficient (Wildman–Crippen LogP) is 3.56. The highest BCUT2D eigenvalue weighted by molar-refractivity contribution is 4.80. The van der Waals surface area contributed by atoms with E-state index in [-0.39, 0.29) is 17.1 Å². The molecule has 0 saturated carbocycles. The van der Waals surface area contributed by atoms with Crippen molar-refractivity contribution in [3.05, 3.63) is 0 Å². The van der Waals surface area contributed by atoms with E-state index in [1.807, 2.05) is 0 Å². The minimum absolute atomic E-state index is 0.0644. The van der Waals surface area contributed by atoms with Crippen molar-refractivity contribution in [3.63, 3.8) is 0 Å². The first-order valence-corrected chi connectivity index (χ1v) is 6.50. The van der Waals surface area contributed by atoms with Crippen LogP contribution in [0.15, 0.2) is 0 Å². The molecule has 0 fully saturated rings. The molecule has 0 spiro atoms. The lowest BCUT2D eigenvalue weighted by atomic mass is 9.88. The van der Waals surface area contributed by atoms with Crippen molar-refractivity contribution in [1.29, 1.82) is 0 Å². The van der Waals surface area contributed by atoms with E-state index in [4.69, 9.17) is 4.74 Å². The van der Waals surface area contributed by atoms with Crippen LogP contribution in [0.25, 0.3) is 0 Å². The Morgan fingerprint density at radius 3 is 1.62 bits per heavy atom. The van der Waals surface area contributed by atoms with Gasteiger partial charge in [0, 0.05) is 6.54 Å². The quantitative estimate of drug-likeness (QED) is 0.715. The molecule has 0 aliphatic carbocycles. The average Bonchev–Trinajstić information content (AvgIpc) is 2.08. The third-order valence-corrected chi connectivity index (χ3v) is 2.78. The van der Waals surface area contributed by atoms with E-state index in [0.717, 1.165) is 19.6 Å². The van der Waals surface area contributed by atoms with Crippen molar-refractivity contribution in [2.75, 3.05) is 19.6 Å². The van der Waals surface area contributed by atoms with Crippen molar-refractivity contribution in [2.45, 2.75) is 67.1 Å². The molecule has 0 bridgehead atoms. The number of ether oxygens (including phenoxy) is 1. The monoisotopic (exact) mass is 229 g/mol. The van der Waals surface area contributed by atoms with Crippen LogP contribution in [0.1, 0.15) is 55.4 Å². The first kappa shape index (κ1) is 15.9. The van der Waals surface area contributed by atoms with E-state index in [9.17, 15) is 0 Å². The third-order valence-electron chi connectivity index (χ3n) is 2.78. The second kappa shape index (κ2) is 6.02. The van der Waals surface area contributed by atoms with Crippen LogP contribution in [0.2, 0.25) is 0 Å². The number of hydrogen-bond acceptors (Lipinski definition) is 2. The van der Waals surface area contributed by atoms with Gasteiger partial charge in [-0.1, -0.05) is 34.6 Å². The molecule has 0 aromatic heterocycles. The molecule has 0 aliphatic heterocycles. The Balaban J connectivity index is 4.57. The van der Waals surface area contributed by atoms with Crippen LogP contribution in [-0.2, 0) is 4.74 Å². The van der Waals surface area contributed by atoms with Gasteiger partial charge < -0.3 is 9.64 Å². The van der Waals surface area contributed by atoms with Crippen LogP contribution in [0.4, 0.5) is 0 Å². The van der Waals surface area contributed by atoms with Crippen molar-refractivity contribution in [2.24, 2.45) is 5.41 Å². The highest BCUT2D eigenvalue weighted by Crippen LogP contribution is 2.27. The molecule has 98 valence electrons. The molecular weight excluding hydrogens is 198 g/mol.